The molecule has 1 fully saturated rings. The Balaban J connectivity index is 1.88. The predicted octanol–water partition coefficient (Wildman–Crippen LogP) is 1.49. The van der Waals surface area contributed by atoms with E-state index in [0.717, 1.165) is 30.8 Å². The van der Waals surface area contributed by atoms with Crippen molar-refractivity contribution in [3.8, 4) is 5.75 Å². The standard InChI is InChI=1S/C12H18N2O2/c13-7-10-4-5-14-8-12(10)16-9-11-3-1-2-6-15-11/h4-5,8,11H,1-3,6-7,9,13H2/t11-/m0/s1. The number of nitrogens with two attached hydrogens (primary N) is 1. The Bertz CT molecular complexity index is 325. The summed E-state index contributed by atoms with van der Waals surface area (Å²) in [6.45, 7) is 1.92. The fourth-order valence-corrected chi connectivity index (χ4v) is 1.83. The summed E-state index contributed by atoms with van der Waals surface area (Å²) in [6, 6.07) is 1.89. The SMILES string of the molecule is NCc1ccncc1OC[C@@H]1CCCCO1. The third-order valence-electron chi connectivity index (χ3n) is 2.79. The van der Waals surface area contributed by atoms with E-state index < -0.39 is 0 Å². The second kappa shape index (κ2) is 5.82. The molecule has 1 atom stereocenters. The molecule has 0 unspecified atom stereocenters. The first-order valence-electron chi connectivity index (χ1n) is 5.77. The molecule has 0 aromatic carbocycles. The van der Waals surface area contributed by atoms with Crippen LogP contribution >= 0.6 is 0 Å². The maximum Gasteiger partial charge on any atom is 0.142 e. The number of pyridine rings is 1. The summed E-state index contributed by atoms with van der Waals surface area (Å²) in [5.41, 5.74) is 6.61. The molecule has 0 saturated carbocycles. The molecule has 1 aromatic rings. The Labute approximate surface area is 95.8 Å². The Morgan fingerprint density at radius 2 is 2.44 bits per heavy atom. The molecule has 2 N–H and O–H groups in total. The Morgan fingerprint density at radius 3 is 3.19 bits per heavy atom. The normalized spacial score (nSPS) is 20.7. The highest BCUT2D eigenvalue weighted by molar-refractivity contribution is 5.29. The molecule has 4 nitrogen and oxygen atoms in total. The molecule has 1 aliphatic rings. The average Bonchev–Trinajstić information content (AvgIpc) is 2.38. The second-order valence-electron chi connectivity index (χ2n) is 3.99. The van der Waals surface area contributed by atoms with E-state index in [0.29, 0.717) is 13.2 Å². The van der Waals surface area contributed by atoms with E-state index in [4.69, 9.17) is 15.2 Å². The van der Waals surface area contributed by atoms with Crippen LogP contribution in [0.4, 0.5) is 0 Å². The largest absolute Gasteiger partial charge is 0.489 e. The van der Waals surface area contributed by atoms with Crippen LogP contribution in [0.25, 0.3) is 0 Å². The molecule has 1 aliphatic heterocycles. The van der Waals surface area contributed by atoms with Crippen LogP contribution in [0.3, 0.4) is 0 Å². The highest BCUT2D eigenvalue weighted by atomic mass is 16.5. The smallest absolute Gasteiger partial charge is 0.142 e. The topological polar surface area (TPSA) is 57.4 Å². The summed E-state index contributed by atoms with van der Waals surface area (Å²) in [5, 5.41) is 0. The zero-order valence-corrected chi connectivity index (χ0v) is 9.39. The minimum Gasteiger partial charge on any atom is -0.489 e. The maximum absolute atomic E-state index is 5.70. The van der Waals surface area contributed by atoms with Gasteiger partial charge in [-0.3, -0.25) is 4.98 Å². The molecule has 16 heavy (non-hydrogen) atoms. The van der Waals surface area contributed by atoms with Gasteiger partial charge < -0.3 is 15.2 Å². The number of rotatable bonds is 4. The van der Waals surface area contributed by atoms with Crippen molar-refractivity contribution in [1.82, 2.24) is 4.98 Å². The van der Waals surface area contributed by atoms with Crippen LogP contribution in [0.1, 0.15) is 24.8 Å². The molecule has 2 heterocycles. The van der Waals surface area contributed by atoms with Gasteiger partial charge in [-0.05, 0) is 25.3 Å². The summed E-state index contributed by atoms with van der Waals surface area (Å²) >= 11 is 0. The van der Waals surface area contributed by atoms with Crippen molar-refractivity contribution in [2.75, 3.05) is 13.2 Å². The van der Waals surface area contributed by atoms with Crippen molar-refractivity contribution in [2.24, 2.45) is 5.73 Å². The van der Waals surface area contributed by atoms with Crippen molar-refractivity contribution in [3.05, 3.63) is 24.0 Å². The first-order chi connectivity index (χ1) is 7.90. The molecule has 0 bridgehead atoms. The van der Waals surface area contributed by atoms with Crippen molar-refractivity contribution in [1.29, 1.82) is 0 Å². The second-order valence-corrected chi connectivity index (χ2v) is 3.99. The van der Waals surface area contributed by atoms with Crippen molar-refractivity contribution in [3.63, 3.8) is 0 Å². The Kier molecular flexibility index (Phi) is 4.13. The monoisotopic (exact) mass is 222 g/mol. The van der Waals surface area contributed by atoms with Crippen LogP contribution in [-0.4, -0.2) is 24.3 Å². The minimum atomic E-state index is 0.222. The molecule has 1 aromatic heterocycles. The van der Waals surface area contributed by atoms with E-state index in [2.05, 4.69) is 4.98 Å². The summed E-state index contributed by atoms with van der Waals surface area (Å²) in [7, 11) is 0. The molecule has 1 saturated heterocycles. The van der Waals surface area contributed by atoms with E-state index in [-0.39, 0.29) is 6.10 Å². The lowest BCUT2D eigenvalue weighted by Gasteiger charge is -2.23. The fraction of sp³-hybridized carbons (Fsp3) is 0.583. The lowest BCUT2D eigenvalue weighted by molar-refractivity contribution is -0.0113. The number of hydrogen-bond donors (Lipinski definition) is 1. The number of nitrogens with zero attached hydrogens (tertiary/aromatic N) is 1. The highest BCUT2D eigenvalue weighted by Crippen LogP contribution is 2.18. The van der Waals surface area contributed by atoms with Gasteiger partial charge in [0.15, 0.2) is 0 Å². The van der Waals surface area contributed by atoms with Gasteiger partial charge in [0.2, 0.25) is 0 Å². The molecule has 0 spiro atoms. The quantitative estimate of drug-likeness (QED) is 0.838. The number of hydrogen-bond acceptors (Lipinski definition) is 4. The number of aromatic nitrogens is 1. The summed E-state index contributed by atoms with van der Waals surface area (Å²) in [5.74, 6) is 0.777. The van der Waals surface area contributed by atoms with Gasteiger partial charge in [0.1, 0.15) is 12.4 Å². The lowest BCUT2D eigenvalue weighted by Crippen LogP contribution is -2.26. The van der Waals surface area contributed by atoms with Crippen LogP contribution in [0.5, 0.6) is 5.75 Å². The van der Waals surface area contributed by atoms with Crippen molar-refractivity contribution >= 4 is 0 Å². The van der Waals surface area contributed by atoms with E-state index in [1.54, 1.807) is 12.4 Å². The summed E-state index contributed by atoms with van der Waals surface area (Å²) < 4.78 is 11.3. The van der Waals surface area contributed by atoms with Gasteiger partial charge in [0.25, 0.3) is 0 Å². The van der Waals surface area contributed by atoms with Crippen molar-refractivity contribution < 1.29 is 9.47 Å². The maximum atomic E-state index is 5.70. The van der Waals surface area contributed by atoms with Crippen LogP contribution in [0, 0.1) is 0 Å². The van der Waals surface area contributed by atoms with Crippen molar-refractivity contribution in [2.45, 2.75) is 31.9 Å². The van der Waals surface area contributed by atoms with Gasteiger partial charge in [-0.1, -0.05) is 0 Å². The van der Waals surface area contributed by atoms with E-state index >= 15 is 0 Å². The van der Waals surface area contributed by atoms with E-state index in [9.17, 15) is 0 Å². The Morgan fingerprint density at radius 1 is 1.50 bits per heavy atom. The predicted molar refractivity (Wildman–Crippen MR) is 61.2 cm³/mol. The molecule has 0 radical (unpaired) electrons. The Hall–Kier alpha value is -1.13. The van der Waals surface area contributed by atoms with Gasteiger partial charge in [0, 0.05) is 24.9 Å². The molecule has 2 rings (SSSR count). The molecular formula is C12H18N2O2. The molecule has 4 heteroatoms. The van der Waals surface area contributed by atoms with Crippen LogP contribution in [0.2, 0.25) is 0 Å². The molecule has 0 aliphatic carbocycles. The first kappa shape index (κ1) is 11.4. The van der Waals surface area contributed by atoms with Crippen LogP contribution < -0.4 is 10.5 Å². The summed E-state index contributed by atoms with van der Waals surface area (Å²) in [4.78, 5) is 4.04. The molecule has 88 valence electrons. The van der Waals surface area contributed by atoms with Gasteiger partial charge in [-0.15, -0.1) is 0 Å². The minimum absolute atomic E-state index is 0.222. The fourth-order valence-electron chi connectivity index (χ4n) is 1.83. The first-order valence-corrected chi connectivity index (χ1v) is 5.77. The van der Waals surface area contributed by atoms with Gasteiger partial charge in [-0.2, -0.15) is 0 Å². The van der Waals surface area contributed by atoms with Gasteiger partial charge in [0.05, 0.1) is 12.3 Å². The third-order valence-corrected chi connectivity index (χ3v) is 2.79. The lowest BCUT2D eigenvalue weighted by atomic mass is 10.1. The van der Waals surface area contributed by atoms with Gasteiger partial charge in [-0.25, -0.2) is 0 Å². The zero-order valence-electron chi connectivity index (χ0n) is 9.39. The van der Waals surface area contributed by atoms with Crippen LogP contribution in [-0.2, 0) is 11.3 Å². The van der Waals surface area contributed by atoms with E-state index in [1.807, 2.05) is 6.07 Å². The third kappa shape index (κ3) is 2.93. The highest BCUT2D eigenvalue weighted by Gasteiger charge is 2.15. The van der Waals surface area contributed by atoms with E-state index in [1.165, 1.54) is 6.42 Å². The molecule has 0 amide bonds. The average molecular weight is 222 g/mol. The number of ether oxygens (including phenoxy) is 2. The zero-order chi connectivity index (χ0) is 11.2. The summed E-state index contributed by atoms with van der Waals surface area (Å²) in [6.07, 6.45) is 7.14. The molecular weight excluding hydrogens is 204 g/mol. The van der Waals surface area contributed by atoms with Crippen LogP contribution in [0.15, 0.2) is 18.5 Å². The van der Waals surface area contributed by atoms with Gasteiger partial charge >= 0.3 is 0 Å².